The lowest BCUT2D eigenvalue weighted by atomic mass is 9.84. The van der Waals surface area contributed by atoms with Crippen LogP contribution in [0.5, 0.6) is 0 Å². The van der Waals surface area contributed by atoms with Crippen LogP contribution in [0, 0.1) is 0 Å². The van der Waals surface area contributed by atoms with Crippen molar-refractivity contribution < 1.29 is 9.47 Å². The maximum absolute atomic E-state index is 6.53. The van der Waals surface area contributed by atoms with Gasteiger partial charge in [0.1, 0.15) is 5.44 Å². The molecule has 1 heterocycles. The van der Waals surface area contributed by atoms with Gasteiger partial charge in [-0.3, -0.25) is 4.90 Å². The Labute approximate surface area is 191 Å². The minimum Gasteiger partial charge on any atom is -0.346 e. The molecule has 0 N–H and O–H groups in total. The second-order valence-corrected chi connectivity index (χ2v) is 8.91. The molecule has 3 nitrogen and oxygen atoms in total. The molecule has 162 valence electrons. The Morgan fingerprint density at radius 2 is 1.45 bits per heavy atom. The Kier molecular flexibility index (Phi) is 6.83. The highest BCUT2D eigenvalue weighted by atomic mass is 32.1. The van der Waals surface area contributed by atoms with Crippen molar-refractivity contribution in [3.05, 3.63) is 108 Å². The summed E-state index contributed by atoms with van der Waals surface area (Å²) >= 11 is 4.78. The van der Waals surface area contributed by atoms with Crippen LogP contribution < -0.4 is 0 Å². The number of hydrogen-bond donors (Lipinski definition) is 1. The van der Waals surface area contributed by atoms with Gasteiger partial charge in [0, 0.05) is 12.6 Å². The summed E-state index contributed by atoms with van der Waals surface area (Å²) in [5.74, 6) is 0. The molecule has 0 spiro atoms. The van der Waals surface area contributed by atoms with Crippen molar-refractivity contribution in [3.63, 3.8) is 0 Å². The van der Waals surface area contributed by atoms with E-state index in [0.29, 0.717) is 0 Å². The van der Waals surface area contributed by atoms with E-state index in [1.165, 1.54) is 11.1 Å². The summed E-state index contributed by atoms with van der Waals surface area (Å²) in [6.45, 7) is 7.40. The van der Waals surface area contributed by atoms with E-state index >= 15 is 0 Å². The Morgan fingerprint density at radius 3 is 2.06 bits per heavy atom. The second-order valence-electron chi connectivity index (χ2n) is 8.44. The van der Waals surface area contributed by atoms with Crippen LogP contribution in [0.3, 0.4) is 0 Å². The molecule has 31 heavy (non-hydrogen) atoms. The highest BCUT2D eigenvalue weighted by molar-refractivity contribution is 7.80. The van der Waals surface area contributed by atoms with Gasteiger partial charge in [-0.05, 0) is 37.5 Å². The maximum Gasteiger partial charge on any atom is 0.182 e. The van der Waals surface area contributed by atoms with E-state index in [1.807, 2.05) is 36.4 Å². The van der Waals surface area contributed by atoms with E-state index in [0.717, 1.165) is 12.1 Å². The molecule has 1 fully saturated rings. The van der Waals surface area contributed by atoms with E-state index in [9.17, 15) is 0 Å². The van der Waals surface area contributed by atoms with Crippen molar-refractivity contribution in [1.29, 1.82) is 0 Å². The van der Waals surface area contributed by atoms with Crippen molar-refractivity contribution in [2.45, 2.75) is 56.7 Å². The van der Waals surface area contributed by atoms with Gasteiger partial charge in [-0.2, -0.15) is 0 Å². The summed E-state index contributed by atoms with van der Waals surface area (Å²) in [5.41, 5.74) is 2.59. The number of nitrogens with zero attached hydrogens (tertiary/aromatic N) is 1. The lowest BCUT2D eigenvalue weighted by Gasteiger charge is -2.55. The second kappa shape index (κ2) is 9.58. The summed E-state index contributed by atoms with van der Waals surface area (Å²) in [5, 5.41) is 0. The molecular formula is C27H31NO2S. The Morgan fingerprint density at radius 1 is 0.903 bits per heavy atom. The molecule has 3 aromatic rings. The van der Waals surface area contributed by atoms with E-state index in [4.69, 9.17) is 22.1 Å². The number of morpholine rings is 1. The van der Waals surface area contributed by atoms with Gasteiger partial charge in [-0.25, -0.2) is 0 Å². The fourth-order valence-electron chi connectivity index (χ4n) is 4.40. The molecular weight excluding hydrogens is 402 g/mol. The van der Waals surface area contributed by atoms with E-state index in [1.54, 1.807) is 0 Å². The molecule has 1 aliphatic heterocycles. The molecule has 4 rings (SSSR count). The maximum atomic E-state index is 6.53. The quantitative estimate of drug-likeness (QED) is 0.370. The molecule has 0 aromatic heterocycles. The van der Waals surface area contributed by atoms with Crippen LogP contribution in [0.25, 0.3) is 0 Å². The zero-order valence-electron chi connectivity index (χ0n) is 18.4. The molecule has 1 saturated heterocycles. The van der Waals surface area contributed by atoms with Crippen molar-refractivity contribution in [2.24, 2.45) is 0 Å². The lowest BCUT2D eigenvalue weighted by molar-refractivity contribution is -0.291. The largest absolute Gasteiger partial charge is 0.346 e. The third-order valence-electron chi connectivity index (χ3n) is 6.46. The van der Waals surface area contributed by atoms with Gasteiger partial charge < -0.3 is 9.47 Å². The fraction of sp³-hybridized carbons (Fsp3) is 0.333. The van der Waals surface area contributed by atoms with Crippen LogP contribution in [-0.4, -0.2) is 23.3 Å². The first-order valence-corrected chi connectivity index (χ1v) is 11.4. The molecule has 4 unspecified atom stereocenters. The van der Waals surface area contributed by atoms with Crippen molar-refractivity contribution >= 4 is 12.6 Å². The smallest absolute Gasteiger partial charge is 0.182 e. The first-order chi connectivity index (χ1) is 15.0. The van der Waals surface area contributed by atoms with E-state index in [2.05, 4.69) is 80.3 Å². The predicted octanol–water partition coefficient (Wildman–Crippen LogP) is 6.18. The predicted molar refractivity (Wildman–Crippen MR) is 129 cm³/mol. The molecule has 4 heteroatoms. The van der Waals surface area contributed by atoms with Crippen molar-refractivity contribution in [3.8, 4) is 0 Å². The van der Waals surface area contributed by atoms with Gasteiger partial charge >= 0.3 is 0 Å². The zero-order chi connectivity index (χ0) is 21.8. The van der Waals surface area contributed by atoms with Crippen molar-refractivity contribution in [2.75, 3.05) is 0 Å². The van der Waals surface area contributed by atoms with Crippen molar-refractivity contribution in [1.82, 2.24) is 4.90 Å². The molecule has 0 saturated carbocycles. The first-order valence-electron chi connectivity index (χ1n) is 10.9. The van der Waals surface area contributed by atoms with Crippen LogP contribution in [0.4, 0.5) is 0 Å². The number of rotatable bonds is 6. The number of ether oxygens (including phenoxy) is 2. The zero-order valence-corrected chi connectivity index (χ0v) is 19.3. The molecule has 1 aliphatic rings. The molecule has 5 atom stereocenters. The minimum absolute atomic E-state index is 0.0156. The molecule has 3 aromatic carbocycles. The summed E-state index contributed by atoms with van der Waals surface area (Å²) in [6, 6.07) is 31.4. The summed E-state index contributed by atoms with van der Waals surface area (Å²) in [7, 11) is 0. The minimum atomic E-state index is -0.487. The SMILES string of the molecule is CC1OC(OC(S)c2ccccc2)[C@](C)(c2ccccc2)N(Cc2ccccc2)C1C. The molecule has 0 amide bonds. The molecule has 0 radical (unpaired) electrons. The fourth-order valence-corrected chi connectivity index (χ4v) is 4.68. The highest BCUT2D eigenvalue weighted by Gasteiger charge is 2.51. The van der Waals surface area contributed by atoms with E-state index in [-0.39, 0.29) is 17.6 Å². The average Bonchev–Trinajstić information content (AvgIpc) is 2.82. The number of benzene rings is 3. The summed E-state index contributed by atoms with van der Waals surface area (Å²) < 4.78 is 13.1. The van der Waals surface area contributed by atoms with Gasteiger partial charge in [-0.1, -0.05) is 91.0 Å². The van der Waals surface area contributed by atoms with Gasteiger partial charge in [0.05, 0.1) is 11.6 Å². The molecule has 0 aliphatic carbocycles. The topological polar surface area (TPSA) is 21.7 Å². The average molecular weight is 434 g/mol. The van der Waals surface area contributed by atoms with Crippen LogP contribution in [0.2, 0.25) is 0 Å². The van der Waals surface area contributed by atoms with Gasteiger partial charge in [-0.15, -0.1) is 12.6 Å². The Bertz CT molecular complexity index is 953. The van der Waals surface area contributed by atoms with Crippen LogP contribution in [0.15, 0.2) is 91.0 Å². The Balaban J connectivity index is 1.73. The monoisotopic (exact) mass is 433 g/mol. The van der Waals surface area contributed by atoms with Gasteiger partial charge in [0.25, 0.3) is 0 Å². The number of hydrogen-bond acceptors (Lipinski definition) is 4. The lowest BCUT2D eigenvalue weighted by Crippen LogP contribution is -2.64. The highest BCUT2D eigenvalue weighted by Crippen LogP contribution is 2.44. The summed E-state index contributed by atoms with van der Waals surface area (Å²) in [6.07, 6.45) is -0.464. The van der Waals surface area contributed by atoms with Gasteiger partial charge in [0.2, 0.25) is 0 Å². The summed E-state index contributed by atoms with van der Waals surface area (Å²) in [4.78, 5) is 2.52. The normalized spacial score (nSPS) is 27.7. The standard InChI is InChI=1S/C27H31NO2S/c1-20-21(2)29-26(30-25(31)23-15-9-5-10-16-23)27(3,24-17-11-6-12-18-24)28(20)19-22-13-7-4-8-14-22/h4-18,20-21,25-26,31H,19H2,1-3H3/t20?,21?,25?,26?,27-/m0/s1. The third-order valence-corrected chi connectivity index (χ3v) is 6.88. The Hall–Kier alpha value is -2.11. The first kappa shape index (κ1) is 22.1. The molecule has 0 bridgehead atoms. The van der Waals surface area contributed by atoms with Crippen LogP contribution in [0.1, 0.15) is 42.9 Å². The third kappa shape index (κ3) is 4.58. The van der Waals surface area contributed by atoms with Gasteiger partial charge in [0.15, 0.2) is 6.29 Å². The van der Waals surface area contributed by atoms with Crippen LogP contribution in [-0.2, 0) is 21.6 Å². The number of thiol groups is 1. The van der Waals surface area contributed by atoms with Crippen LogP contribution >= 0.6 is 12.6 Å². The van der Waals surface area contributed by atoms with E-state index < -0.39 is 11.8 Å².